The molecule has 0 radical (unpaired) electrons. The smallest absolute Gasteiger partial charge is 0.269 e. The summed E-state index contributed by atoms with van der Waals surface area (Å²) in [5.41, 5.74) is 0.826. The van der Waals surface area contributed by atoms with E-state index in [-0.39, 0.29) is 17.6 Å². The maximum Gasteiger partial charge on any atom is 0.269 e. The van der Waals surface area contributed by atoms with E-state index in [0.29, 0.717) is 6.54 Å². The molecule has 1 atom stereocenters. The van der Waals surface area contributed by atoms with Crippen molar-refractivity contribution in [1.29, 1.82) is 0 Å². The van der Waals surface area contributed by atoms with Crippen molar-refractivity contribution in [2.24, 2.45) is 0 Å². The summed E-state index contributed by atoms with van der Waals surface area (Å²) < 4.78 is 0. The lowest BCUT2D eigenvalue weighted by molar-refractivity contribution is -0.384. The van der Waals surface area contributed by atoms with Gasteiger partial charge in [-0.3, -0.25) is 14.9 Å². The molecule has 17 heavy (non-hydrogen) atoms. The van der Waals surface area contributed by atoms with Crippen LogP contribution in [0.25, 0.3) is 0 Å². The average molecular weight is 237 g/mol. The number of rotatable bonds is 5. The Bertz CT molecular complexity index is 420. The number of nitrogens with zero attached hydrogens (tertiary/aromatic N) is 1. The van der Waals surface area contributed by atoms with Crippen molar-refractivity contribution in [1.82, 2.24) is 10.6 Å². The molecule has 0 aromatic heterocycles. The number of nitro benzene ring substituents is 1. The molecule has 0 bridgehead atoms. The van der Waals surface area contributed by atoms with Crippen LogP contribution in [-0.4, -0.2) is 23.9 Å². The quantitative estimate of drug-likeness (QED) is 0.586. The highest BCUT2D eigenvalue weighted by atomic mass is 16.6. The van der Waals surface area contributed by atoms with E-state index in [1.165, 1.54) is 12.1 Å². The van der Waals surface area contributed by atoms with Gasteiger partial charge in [-0.15, -0.1) is 0 Å². The molecule has 2 N–H and O–H groups in total. The largest absolute Gasteiger partial charge is 0.358 e. The molecule has 6 nitrogen and oxygen atoms in total. The fourth-order valence-electron chi connectivity index (χ4n) is 1.36. The Labute approximate surface area is 99.2 Å². The van der Waals surface area contributed by atoms with Crippen molar-refractivity contribution < 1.29 is 9.72 Å². The molecule has 0 heterocycles. The maximum atomic E-state index is 11.2. The molecule has 1 unspecified atom stereocenters. The first-order chi connectivity index (χ1) is 8.04. The Morgan fingerprint density at radius 3 is 2.82 bits per heavy atom. The number of hydrogen-bond donors (Lipinski definition) is 2. The zero-order valence-corrected chi connectivity index (χ0v) is 9.77. The molecule has 0 saturated carbocycles. The highest BCUT2D eigenvalue weighted by Crippen LogP contribution is 2.12. The minimum absolute atomic E-state index is 0.0527. The SMILES string of the molecule is CNC(=O)C(C)NCc1cccc([N+](=O)[O-])c1. The summed E-state index contributed by atoms with van der Waals surface area (Å²) in [4.78, 5) is 21.4. The third-order valence-corrected chi connectivity index (χ3v) is 2.37. The Hall–Kier alpha value is -1.95. The van der Waals surface area contributed by atoms with Gasteiger partial charge in [-0.1, -0.05) is 12.1 Å². The van der Waals surface area contributed by atoms with E-state index in [2.05, 4.69) is 10.6 Å². The summed E-state index contributed by atoms with van der Waals surface area (Å²) in [6, 6.07) is 5.99. The number of carbonyl (C=O) groups is 1. The van der Waals surface area contributed by atoms with Crippen LogP contribution in [0, 0.1) is 10.1 Å². The number of likely N-dealkylation sites (N-methyl/N-ethyl adjacent to an activating group) is 1. The van der Waals surface area contributed by atoms with E-state index in [9.17, 15) is 14.9 Å². The van der Waals surface area contributed by atoms with E-state index in [0.717, 1.165) is 5.56 Å². The third kappa shape index (κ3) is 3.84. The lowest BCUT2D eigenvalue weighted by Gasteiger charge is -2.11. The lowest BCUT2D eigenvalue weighted by Crippen LogP contribution is -2.40. The minimum Gasteiger partial charge on any atom is -0.358 e. The fourth-order valence-corrected chi connectivity index (χ4v) is 1.36. The van der Waals surface area contributed by atoms with E-state index in [4.69, 9.17) is 0 Å². The molecular weight excluding hydrogens is 222 g/mol. The Kier molecular flexibility index (Phi) is 4.59. The van der Waals surface area contributed by atoms with Crippen molar-refractivity contribution in [3.8, 4) is 0 Å². The van der Waals surface area contributed by atoms with E-state index < -0.39 is 4.92 Å². The second kappa shape index (κ2) is 5.95. The first-order valence-corrected chi connectivity index (χ1v) is 5.23. The number of hydrogen-bond acceptors (Lipinski definition) is 4. The topological polar surface area (TPSA) is 84.3 Å². The van der Waals surface area contributed by atoms with Gasteiger partial charge in [0, 0.05) is 25.7 Å². The van der Waals surface area contributed by atoms with Gasteiger partial charge >= 0.3 is 0 Å². The van der Waals surface area contributed by atoms with Crippen LogP contribution in [0.5, 0.6) is 0 Å². The molecule has 1 amide bonds. The summed E-state index contributed by atoms with van der Waals surface area (Å²) in [5.74, 6) is -0.115. The monoisotopic (exact) mass is 237 g/mol. The molecule has 1 rings (SSSR count). The summed E-state index contributed by atoms with van der Waals surface area (Å²) in [6.45, 7) is 2.15. The van der Waals surface area contributed by atoms with Crippen molar-refractivity contribution in [2.45, 2.75) is 19.5 Å². The zero-order valence-electron chi connectivity index (χ0n) is 9.77. The van der Waals surface area contributed by atoms with Gasteiger partial charge in [-0.2, -0.15) is 0 Å². The number of benzene rings is 1. The second-order valence-electron chi connectivity index (χ2n) is 3.64. The number of nitrogens with one attached hydrogen (secondary N) is 2. The number of nitro groups is 1. The van der Waals surface area contributed by atoms with Gasteiger partial charge < -0.3 is 10.6 Å². The van der Waals surface area contributed by atoms with Crippen molar-refractivity contribution in [3.63, 3.8) is 0 Å². The van der Waals surface area contributed by atoms with Crippen LogP contribution in [0.4, 0.5) is 5.69 Å². The Morgan fingerprint density at radius 1 is 1.53 bits per heavy atom. The van der Waals surface area contributed by atoms with Crippen LogP contribution in [0.15, 0.2) is 24.3 Å². The minimum atomic E-state index is -0.439. The van der Waals surface area contributed by atoms with Crippen LogP contribution < -0.4 is 10.6 Å². The van der Waals surface area contributed by atoms with Gasteiger partial charge in [-0.25, -0.2) is 0 Å². The third-order valence-electron chi connectivity index (χ3n) is 2.37. The molecule has 0 aliphatic rings. The Balaban J connectivity index is 2.60. The van der Waals surface area contributed by atoms with Gasteiger partial charge in [0.1, 0.15) is 0 Å². The van der Waals surface area contributed by atoms with Crippen LogP contribution in [-0.2, 0) is 11.3 Å². The van der Waals surface area contributed by atoms with Gasteiger partial charge in [0.05, 0.1) is 11.0 Å². The van der Waals surface area contributed by atoms with Crippen LogP contribution in [0.3, 0.4) is 0 Å². The molecule has 1 aromatic carbocycles. The first-order valence-electron chi connectivity index (χ1n) is 5.23. The number of non-ortho nitro benzene ring substituents is 1. The summed E-state index contributed by atoms with van der Waals surface area (Å²) in [5, 5.41) is 16.1. The van der Waals surface area contributed by atoms with E-state index >= 15 is 0 Å². The lowest BCUT2D eigenvalue weighted by atomic mass is 10.2. The molecule has 1 aromatic rings. The Morgan fingerprint density at radius 2 is 2.24 bits per heavy atom. The van der Waals surface area contributed by atoms with Gasteiger partial charge in [0.15, 0.2) is 0 Å². The molecule has 92 valence electrons. The van der Waals surface area contributed by atoms with Crippen LogP contribution >= 0.6 is 0 Å². The molecule has 0 aliphatic heterocycles. The van der Waals surface area contributed by atoms with Crippen molar-refractivity contribution >= 4 is 11.6 Å². The summed E-state index contributed by atoms with van der Waals surface area (Å²) >= 11 is 0. The maximum absolute atomic E-state index is 11.2. The normalized spacial score (nSPS) is 11.9. The number of carbonyl (C=O) groups excluding carboxylic acids is 1. The van der Waals surface area contributed by atoms with Crippen molar-refractivity contribution in [2.75, 3.05) is 7.05 Å². The van der Waals surface area contributed by atoms with Gasteiger partial charge in [0.2, 0.25) is 5.91 Å². The molecular formula is C11H15N3O3. The zero-order chi connectivity index (χ0) is 12.8. The van der Waals surface area contributed by atoms with E-state index in [1.54, 1.807) is 26.1 Å². The molecule has 6 heteroatoms. The highest BCUT2D eigenvalue weighted by molar-refractivity contribution is 5.80. The summed E-state index contributed by atoms with van der Waals surface area (Å²) in [6.07, 6.45) is 0. The summed E-state index contributed by atoms with van der Waals surface area (Å²) in [7, 11) is 1.56. The van der Waals surface area contributed by atoms with Gasteiger partial charge in [0.25, 0.3) is 5.69 Å². The highest BCUT2D eigenvalue weighted by Gasteiger charge is 2.10. The van der Waals surface area contributed by atoms with E-state index in [1.807, 2.05) is 0 Å². The van der Waals surface area contributed by atoms with Crippen molar-refractivity contribution in [3.05, 3.63) is 39.9 Å². The average Bonchev–Trinajstić information content (AvgIpc) is 2.35. The standard InChI is InChI=1S/C11H15N3O3/c1-8(11(15)12-2)13-7-9-4-3-5-10(6-9)14(16)17/h3-6,8,13H,7H2,1-2H3,(H,12,15). The fraction of sp³-hybridized carbons (Fsp3) is 0.364. The predicted molar refractivity (Wildman–Crippen MR) is 63.5 cm³/mol. The predicted octanol–water partition coefficient (Wildman–Crippen LogP) is 0.819. The van der Waals surface area contributed by atoms with Crippen LogP contribution in [0.1, 0.15) is 12.5 Å². The number of amides is 1. The van der Waals surface area contributed by atoms with Gasteiger partial charge in [-0.05, 0) is 12.5 Å². The molecule has 0 saturated heterocycles. The first kappa shape index (κ1) is 13.1. The van der Waals surface area contributed by atoms with Crippen LogP contribution in [0.2, 0.25) is 0 Å². The molecule has 0 fully saturated rings. The molecule has 0 aliphatic carbocycles. The second-order valence-corrected chi connectivity index (χ2v) is 3.64. The molecule has 0 spiro atoms.